The zero-order valence-electron chi connectivity index (χ0n) is 17.4. The van der Waals surface area contributed by atoms with Gasteiger partial charge in [0.25, 0.3) is 5.91 Å². The lowest BCUT2D eigenvalue weighted by Gasteiger charge is -2.05. The molecular formula is C21H20ClN5O3S. The van der Waals surface area contributed by atoms with E-state index >= 15 is 0 Å². The maximum Gasteiger partial charge on any atom is 0.264 e. The van der Waals surface area contributed by atoms with Crippen LogP contribution in [0.25, 0.3) is 22.3 Å². The van der Waals surface area contributed by atoms with E-state index in [0.29, 0.717) is 27.5 Å². The Morgan fingerprint density at radius 3 is 2.81 bits per heavy atom. The molecule has 0 aliphatic rings. The summed E-state index contributed by atoms with van der Waals surface area (Å²) in [6, 6.07) is 7.37. The van der Waals surface area contributed by atoms with E-state index in [1.165, 1.54) is 11.3 Å². The number of carbonyl (C=O) groups excluding carboxylic acids is 1. The Labute approximate surface area is 187 Å². The Kier molecular flexibility index (Phi) is 5.79. The standard InChI is InChI=1S/C21H20ClN5O3S/c1-11-7-12(2)23-19-18(11)20(26-27(19)3)30-9-17(28)25-21-24-15(10-31-21)13-5-6-16(29-4)14(22)8-13/h5-8,10H,9H2,1-4H3,(H,24,25,28). The molecule has 0 saturated carbocycles. The first kappa shape index (κ1) is 21.1. The number of benzene rings is 1. The van der Waals surface area contributed by atoms with Gasteiger partial charge in [-0.2, -0.15) is 0 Å². The van der Waals surface area contributed by atoms with Crippen molar-refractivity contribution in [1.29, 1.82) is 0 Å². The van der Waals surface area contributed by atoms with Crippen molar-refractivity contribution in [3.05, 3.63) is 45.9 Å². The van der Waals surface area contributed by atoms with Crippen LogP contribution in [0.1, 0.15) is 11.3 Å². The number of amides is 1. The maximum absolute atomic E-state index is 12.4. The summed E-state index contributed by atoms with van der Waals surface area (Å²) in [7, 11) is 3.36. The molecule has 8 nitrogen and oxygen atoms in total. The summed E-state index contributed by atoms with van der Waals surface area (Å²) in [6.45, 7) is 3.70. The summed E-state index contributed by atoms with van der Waals surface area (Å²) in [4.78, 5) is 21.3. The van der Waals surface area contributed by atoms with Crippen LogP contribution in [0.15, 0.2) is 29.6 Å². The number of carbonyl (C=O) groups is 1. The van der Waals surface area contributed by atoms with Crippen LogP contribution in [0.5, 0.6) is 11.6 Å². The first-order valence-corrected chi connectivity index (χ1v) is 10.6. The summed E-state index contributed by atoms with van der Waals surface area (Å²) in [5, 5.41) is 10.7. The number of thiazole rings is 1. The number of nitrogens with one attached hydrogen (secondary N) is 1. The Bertz CT molecular complexity index is 1280. The number of pyridine rings is 1. The molecule has 0 atom stereocenters. The number of fused-ring (bicyclic) bond motifs is 1. The molecule has 1 amide bonds. The molecule has 0 spiro atoms. The Morgan fingerprint density at radius 1 is 1.26 bits per heavy atom. The van der Waals surface area contributed by atoms with Crippen molar-refractivity contribution < 1.29 is 14.3 Å². The molecule has 0 bridgehead atoms. The predicted molar refractivity (Wildman–Crippen MR) is 121 cm³/mol. The lowest BCUT2D eigenvalue weighted by Crippen LogP contribution is -2.20. The molecule has 10 heteroatoms. The van der Waals surface area contributed by atoms with Crippen LogP contribution >= 0.6 is 22.9 Å². The highest BCUT2D eigenvalue weighted by molar-refractivity contribution is 7.14. The molecule has 0 radical (unpaired) electrons. The van der Waals surface area contributed by atoms with E-state index in [0.717, 1.165) is 27.9 Å². The van der Waals surface area contributed by atoms with Crippen molar-refractivity contribution in [2.75, 3.05) is 19.0 Å². The monoisotopic (exact) mass is 457 g/mol. The van der Waals surface area contributed by atoms with Crippen LogP contribution in [0.2, 0.25) is 5.02 Å². The van der Waals surface area contributed by atoms with Crippen LogP contribution in [0, 0.1) is 13.8 Å². The zero-order chi connectivity index (χ0) is 22.1. The number of methoxy groups -OCH3 is 1. The highest BCUT2D eigenvalue weighted by Gasteiger charge is 2.16. The SMILES string of the molecule is COc1ccc(-c2csc(NC(=O)COc3nn(C)c4nc(C)cc(C)c34)n2)cc1Cl. The normalized spacial score (nSPS) is 11.0. The number of aryl methyl sites for hydroxylation is 3. The van der Waals surface area contributed by atoms with Gasteiger partial charge in [0.15, 0.2) is 17.4 Å². The smallest absolute Gasteiger partial charge is 0.264 e. The van der Waals surface area contributed by atoms with E-state index in [9.17, 15) is 4.79 Å². The largest absolute Gasteiger partial charge is 0.495 e. The third-order valence-electron chi connectivity index (χ3n) is 4.62. The van der Waals surface area contributed by atoms with Crippen LogP contribution in [0.4, 0.5) is 5.13 Å². The summed E-state index contributed by atoms with van der Waals surface area (Å²) in [5.41, 5.74) is 4.15. The Balaban J connectivity index is 1.44. The minimum atomic E-state index is -0.329. The molecule has 0 aliphatic heterocycles. The van der Waals surface area contributed by atoms with Gasteiger partial charge in [0.05, 0.1) is 23.2 Å². The molecule has 31 heavy (non-hydrogen) atoms. The van der Waals surface area contributed by atoms with Crippen molar-refractivity contribution in [3.8, 4) is 22.9 Å². The van der Waals surface area contributed by atoms with Crippen LogP contribution in [-0.2, 0) is 11.8 Å². The molecule has 160 valence electrons. The van der Waals surface area contributed by atoms with Crippen molar-refractivity contribution in [2.45, 2.75) is 13.8 Å². The lowest BCUT2D eigenvalue weighted by atomic mass is 10.2. The minimum Gasteiger partial charge on any atom is -0.495 e. The van der Waals surface area contributed by atoms with Gasteiger partial charge in [-0.25, -0.2) is 14.6 Å². The predicted octanol–water partition coefficient (Wildman–Crippen LogP) is 4.39. The number of nitrogens with zero attached hydrogens (tertiary/aromatic N) is 4. The maximum atomic E-state index is 12.4. The molecule has 1 aromatic carbocycles. The van der Waals surface area contributed by atoms with Gasteiger partial charge in [0.2, 0.25) is 5.88 Å². The minimum absolute atomic E-state index is 0.192. The second-order valence-corrected chi connectivity index (χ2v) is 8.20. The molecule has 0 saturated heterocycles. The molecule has 3 aromatic heterocycles. The number of aromatic nitrogens is 4. The molecular weight excluding hydrogens is 438 g/mol. The van der Waals surface area contributed by atoms with Gasteiger partial charge >= 0.3 is 0 Å². The Morgan fingerprint density at radius 2 is 2.06 bits per heavy atom. The molecule has 0 unspecified atom stereocenters. The van der Waals surface area contributed by atoms with Gasteiger partial charge in [-0.05, 0) is 43.7 Å². The number of rotatable bonds is 6. The third kappa shape index (κ3) is 4.33. The number of hydrogen-bond acceptors (Lipinski definition) is 7. The molecule has 4 rings (SSSR count). The molecule has 1 N–H and O–H groups in total. The quantitative estimate of drug-likeness (QED) is 0.461. The van der Waals surface area contributed by atoms with Gasteiger partial charge < -0.3 is 9.47 Å². The summed E-state index contributed by atoms with van der Waals surface area (Å²) >= 11 is 7.50. The van der Waals surface area contributed by atoms with Crippen molar-refractivity contribution in [1.82, 2.24) is 19.7 Å². The highest BCUT2D eigenvalue weighted by Crippen LogP contribution is 2.32. The van der Waals surface area contributed by atoms with E-state index in [1.807, 2.05) is 31.4 Å². The zero-order valence-corrected chi connectivity index (χ0v) is 19.0. The van der Waals surface area contributed by atoms with Crippen LogP contribution in [-0.4, -0.2) is 39.4 Å². The number of halogens is 1. The van der Waals surface area contributed by atoms with Crippen molar-refractivity contribution in [2.24, 2.45) is 7.05 Å². The first-order valence-electron chi connectivity index (χ1n) is 9.38. The van der Waals surface area contributed by atoms with Gasteiger partial charge in [-0.15, -0.1) is 16.4 Å². The number of ether oxygens (including phenoxy) is 2. The van der Waals surface area contributed by atoms with Crippen LogP contribution < -0.4 is 14.8 Å². The van der Waals surface area contributed by atoms with E-state index in [2.05, 4.69) is 20.4 Å². The Hall–Kier alpha value is -3.17. The lowest BCUT2D eigenvalue weighted by molar-refractivity contribution is -0.118. The van der Waals surface area contributed by atoms with E-state index in [1.54, 1.807) is 31.0 Å². The third-order valence-corrected chi connectivity index (χ3v) is 5.68. The van der Waals surface area contributed by atoms with Gasteiger partial charge in [0.1, 0.15) is 5.75 Å². The van der Waals surface area contributed by atoms with Gasteiger partial charge in [-0.1, -0.05) is 11.6 Å². The van der Waals surface area contributed by atoms with Crippen molar-refractivity contribution >= 4 is 45.0 Å². The fourth-order valence-corrected chi connectivity index (χ4v) is 4.22. The number of anilines is 1. The fraction of sp³-hybridized carbons (Fsp3) is 0.238. The fourth-order valence-electron chi connectivity index (χ4n) is 3.23. The highest BCUT2D eigenvalue weighted by atomic mass is 35.5. The summed E-state index contributed by atoms with van der Waals surface area (Å²) in [6.07, 6.45) is 0. The second-order valence-electron chi connectivity index (χ2n) is 6.93. The summed E-state index contributed by atoms with van der Waals surface area (Å²) < 4.78 is 12.5. The molecule has 0 fully saturated rings. The average Bonchev–Trinajstić information content (AvgIpc) is 3.31. The van der Waals surface area contributed by atoms with E-state index < -0.39 is 0 Å². The van der Waals surface area contributed by atoms with Crippen molar-refractivity contribution in [3.63, 3.8) is 0 Å². The molecule has 0 aliphatic carbocycles. The second kappa shape index (κ2) is 8.52. The number of hydrogen-bond donors (Lipinski definition) is 1. The summed E-state index contributed by atoms with van der Waals surface area (Å²) in [5.74, 6) is 0.643. The molecule has 4 aromatic rings. The first-order chi connectivity index (χ1) is 14.9. The van der Waals surface area contributed by atoms with Gasteiger partial charge in [0, 0.05) is 23.7 Å². The average molecular weight is 458 g/mol. The van der Waals surface area contributed by atoms with Crippen LogP contribution in [0.3, 0.4) is 0 Å². The van der Waals surface area contributed by atoms with Gasteiger partial charge in [-0.3, -0.25) is 10.1 Å². The topological polar surface area (TPSA) is 91.2 Å². The molecule has 3 heterocycles. The van der Waals surface area contributed by atoms with E-state index in [4.69, 9.17) is 21.1 Å². The van der Waals surface area contributed by atoms with E-state index in [-0.39, 0.29) is 12.5 Å².